The minimum atomic E-state index is 0.688. The summed E-state index contributed by atoms with van der Waals surface area (Å²) in [6.45, 7) is 9.06. The Morgan fingerprint density at radius 2 is 2.12 bits per heavy atom. The number of hydrogen-bond acceptors (Lipinski definition) is 2. The van der Waals surface area contributed by atoms with Crippen molar-refractivity contribution < 1.29 is 0 Å². The van der Waals surface area contributed by atoms with E-state index in [1.165, 1.54) is 25.7 Å². The van der Waals surface area contributed by atoms with Crippen LogP contribution in [0.25, 0.3) is 0 Å². The van der Waals surface area contributed by atoms with E-state index in [0.717, 1.165) is 19.0 Å². The lowest BCUT2D eigenvalue weighted by Gasteiger charge is -2.20. The maximum atomic E-state index is 4.05. The molecule has 2 unspecified atom stereocenters. The number of nitrogens with one attached hydrogen (secondary N) is 1. The van der Waals surface area contributed by atoms with Crippen LogP contribution in [-0.2, 0) is 6.54 Å². The second-order valence-corrected chi connectivity index (χ2v) is 4.96. The molecule has 0 spiro atoms. The Morgan fingerprint density at radius 1 is 1.29 bits per heavy atom. The van der Waals surface area contributed by atoms with Crippen LogP contribution in [0.15, 0.2) is 18.7 Å². The van der Waals surface area contributed by atoms with Gasteiger partial charge in [0.05, 0.1) is 6.33 Å². The van der Waals surface area contributed by atoms with Crippen molar-refractivity contribution in [1.29, 1.82) is 0 Å². The van der Waals surface area contributed by atoms with E-state index in [2.05, 4.69) is 35.6 Å². The third kappa shape index (κ3) is 5.87. The fraction of sp³-hybridized carbons (Fsp3) is 0.786. The molecule has 0 aliphatic carbocycles. The third-order valence-corrected chi connectivity index (χ3v) is 3.46. The van der Waals surface area contributed by atoms with Gasteiger partial charge in [-0.15, -0.1) is 0 Å². The van der Waals surface area contributed by atoms with Crippen molar-refractivity contribution in [1.82, 2.24) is 14.9 Å². The van der Waals surface area contributed by atoms with Gasteiger partial charge in [-0.1, -0.05) is 27.2 Å². The van der Waals surface area contributed by atoms with Crippen molar-refractivity contribution in [3.63, 3.8) is 0 Å². The van der Waals surface area contributed by atoms with Gasteiger partial charge < -0.3 is 9.88 Å². The number of imidazole rings is 1. The smallest absolute Gasteiger partial charge is 0.0945 e. The van der Waals surface area contributed by atoms with Gasteiger partial charge in [-0.3, -0.25) is 0 Å². The molecule has 17 heavy (non-hydrogen) atoms. The van der Waals surface area contributed by atoms with E-state index >= 15 is 0 Å². The van der Waals surface area contributed by atoms with E-state index < -0.39 is 0 Å². The topological polar surface area (TPSA) is 29.9 Å². The third-order valence-electron chi connectivity index (χ3n) is 3.46. The Labute approximate surface area is 106 Å². The first-order chi connectivity index (χ1) is 8.26. The molecule has 98 valence electrons. The first kappa shape index (κ1) is 14.2. The lowest BCUT2D eigenvalue weighted by molar-refractivity contribution is 0.380. The molecule has 0 aliphatic rings. The normalized spacial score (nSPS) is 14.8. The molecule has 0 saturated carbocycles. The fourth-order valence-electron chi connectivity index (χ4n) is 2.03. The molecule has 0 saturated heterocycles. The first-order valence-corrected chi connectivity index (χ1v) is 6.95. The van der Waals surface area contributed by atoms with Crippen LogP contribution in [-0.4, -0.2) is 22.1 Å². The van der Waals surface area contributed by atoms with Gasteiger partial charge in [-0.25, -0.2) is 4.98 Å². The molecule has 1 rings (SSSR count). The average molecular weight is 237 g/mol. The molecular formula is C14H27N3. The Bertz CT molecular complexity index is 269. The van der Waals surface area contributed by atoms with Crippen LogP contribution in [0.3, 0.4) is 0 Å². The summed E-state index contributed by atoms with van der Waals surface area (Å²) in [5, 5.41) is 3.66. The summed E-state index contributed by atoms with van der Waals surface area (Å²) < 4.78 is 2.14. The molecule has 3 nitrogen and oxygen atoms in total. The summed E-state index contributed by atoms with van der Waals surface area (Å²) in [4.78, 5) is 4.05. The molecule has 0 aromatic carbocycles. The predicted octanol–water partition coefficient (Wildman–Crippen LogP) is 3.08. The van der Waals surface area contributed by atoms with E-state index in [1.54, 1.807) is 0 Å². The van der Waals surface area contributed by atoms with Gasteiger partial charge in [-0.2, -0.15) is 0 Å². The Kier molecular flexibility index (Phi) is 6.94. The van der Waals surface area contributed by atoms with E-state index in [4.69, 9.17) is 0 Å². The first-order valence-electron chi connectivity index (χ1n) is 6.95. The van der Waals surface area contributed by atoms with Crippen LogP contribution >= 0.6 is 0 Å². The second kappa shape index (κ2) is 8.29. The molecule has 0 fully saturated rings. The molecule has 2 atom stereocenters. The number of aromatic nitrogens is 2. The van der Waals surface area contributed by atoms with Gasteiger partial charge in [0.25, 0.3) is 0 Å². The monoisotopic (exact) mass is 237 g/mol. The van der Waals surface area contributed by atoms with Crippen LogP contribution < -0.4 is 5.32 Å². The van der Waals surface area contributed by atoms with Crippen LogP contribution in [0.2, 0.25) is 0 Å². The van der Waals surface area contributed by atoms with Crippen molar-refractivity contribution in [3.05, 3.63) is 18.7 Å². The zero-order valence-corrected chi connectivity index (χ0v) is 11.5. The minimum absolute atomic E-state index is 0.688. The van der Waals surface area contributed by atoms with Gasteiger partial charge in [0.1, 0.15) is 0 Å². The van der Waals surface area contributed by atoms with Crippen LogP contribution in [0, 0.1) is 5.92 Å². The molecular weight excluding hydrogens is 210 g/mol. The Hall–Kier alpha value is -0.830. The van der Waals surface area contributed by atoms with Crippen molar-refractivity contribution >= 4 is 0 Å². The van der Waals surface area contributed by atoms with Crippen molar-refractivity contribution in [2.45, 2.75) is 59.0 Å². The summed E-state index contributed by atoms with van der Waals surface area (Å²) in [5.74, 6) is 0.834. The predicted molar refractivity (Wildman–Crippen MR) is 73.0 cm³/mol. The fourth-order valence-corrected chi connectivity index (χ4v) is 2.03. The molecule has 0 aliphatic heterocycles. The lowest BCUT2D eigenvalue weighted by atomic mass is 9.98. The number of nitrogens with zero attached hydrogens (tertiary/aromatic N) is 2. The summed E-state index contributed by atoms with van der Waals surface area (Å²) in [7, 11) is 0. The van der Waals surface area contributed by atoms with E-state index in [-0.39, 0.29) is 0 Å². The second-order valence-electron chi connectivity index (χ2n) is 4.96. The zero-order valence-electron chi connectivity index (χ0n) is 11.5. The lowest BCUT2D eigenvalue weighted by Crippen LogP contribution is -2.31. The van der Waals surface area contributed by atoms with Gasteiger partial charge >= 0.3 is 0 Å². The molecule has 0 radical (unpaired) electrons. The number of rotatable bonds is 9. The zero-order chi connectivity index (χ0) is 12.5. The summed E-state index contributed by atoms with van der Waals surface area (Å²) in [5.41, 5.74) is 0. The molecule has 3 heteroatoms. The highest BCUT2D eigenvalue weighted by molar-refractivity contribution is 4.74. The van der Waals surface area contributed by atoms with Crippen molar-refractivity contribution in [2.24, 2.45) is 5.92 Å². The number of aryl methyl sites for hydroxylation is 1. The highest BCUT2D eigenvalue weighted by Crippen LogP contribution is 2.11. The highest BCUT2D eigenvalue weighted by Gasteiger charge is 2.09. The van der Waals surface area contributed by atoms with Crippen LogP contribution in [0.1, 0.15) is 46.5 Å². The van der Waals surface area contributed by atoms with Crippen molar-refractivity contribution in [3.8, 4) is 0 Å². The summed E-state index contributed by atoms with van der Waals surface area (Å²) in [6, 6.07) is 0.688. The SMILES string of the molecule is CCC(C)CC(CC)NCCCn1ccnc1. The highest BCUT2D eigenvalue weighted by atomic mass is 15.0. The van der Waals surface area contributed by atoms with Crippen LogP contribution in [0.5, 0.6) is 0 Å². The largest absolute Gasteiger partial charge is 0.337 e. The molecule has 1 aromatic rings. The molecule has 0 bridgehead atoms. The standard InChI is InChI=1S/C14H27N3/c1-4-13(3)11-14(5-2)16-7-6-9-17-10-8-15-12-17/h8,10,12-14,16H,4-7,9,11H2,1-3H3. The van der Waals surface area contributed by atoms with Gasteiger partial charge in [0.2, 0.25) is 0 Å². The molecule has 1 aromatic heterocycles. The van der Waals surface area contributed by atoms with Crippen molar-refractivity contribution in [2.75, 3.05) is 6.54 Å². The van der Waals surface area contributed by atoms with Gasteiger partial charge in [-0.05, 0) is 31.7 Å². The quantitative estimate of drug-likeness (QED) is 0.669. The summed E-state index contributed by atoms with van der Waals surface area (Å²) >= 11 is 0. The van der Waals surface area contributed by atoms with E-state index in [9.17, 15) is 0 Å². The van der Waals surface area contributed by atoms with Gasteiger partial charge in [0.15, 0.2) is 0 Å². The van der Waals surface area contributed by atoms with Crippen LogP contribution in [0.4, 0.5) is 0 Å². The summed E-state index contributed by atoms with van der Waals surface area (Å²) in [6.07, 6.45) is 10.7. The maximum Gasteiger partial charge on any atom is 0.0945 e. The van der Waals surface area contributed by atoms with E-state index in [1.807, 2.05) is 18.7 Å². The molecule has 0 amide bonds. The Balaban J connectivity index is 2.11. The molecule has 1 heterocycles. The average Bonchev–Trinajstić information content (AvgIpc) is 2.85. The molecule has 1 N–H and O–H groups in total. The number of hydrogen-bond donors (Lipinski definition) is 1. The van der Waals surface area contributed by atoms with E-state index in [0.29, 0.717) is 6.04 Å². The van der Waals surface area contributed by atoms with Gasteiger partial charge in [0, 0.05) is 25.0 Å². The maximum absolute atomic E-state index is 4.05. The minimum Gasteiger partial charge on any atom is -0.337 e. The Morgan fingerprint density at radius 3 is 2.71 bits per heavy atom.